The summed E-state index contributed by atoms with van der Waals surface area (Å²) in [6.45, 7) is 8.05. The number of aryl methyl sites for hydroxylation is 2. The summed E-state index contributed by atoms with van der Waals surface area (Å²) >= 11 is 0. The molecule has 0 spiro atoms. The number of amides is 2. The van der Waals surface area contributed by atoms with Crippen molar-refractivity contribution in [3.63, 3.8) is 0 Å². The molecule has 0 saturated carbocycles. The summed E-state index contributed by atoms with van der Waals surface area (Å²) < 4.78 is 1.97. The van der Waals surface area contributed by atoms with Gasteiger partial charge in [-0.25, -0.2) is 4.79 Å². The van der Waals surface area contributed by atoms with Crippen LogP contribution in [0.5, 0.6) is 0 Å². The average Bonchev–Trinajstić information content (AvgIpc) is 3.11. The lowest BCUT2D eigenvalue weighted by atomic mass is 10.1. The zero-order valence-electron chi connectivity index (χ0n) is 18.7. The van der Waals surface area contributed by atoms with Crippen molar-refractivity contribution in [1.82, 2.24) is 19.6 Å². The van der Waals surface area contributed by atoms with Gasteiger partial charge in [0.25, 0.3) is 0 Å². The third kappa shape index (κ3) is 5.55. The number of aromatic nitrogens is 2. The van der Waals surface area contributed by atoms with Crippen molar-refractivity contribution in [2.24, 2.45) is 0 Å². The molecule has 1 saturated heterocycles. The minimum atomic E-state index is -0.512. The van der Waals surface area contributed by atoms with E-state index in [1.165, 1.54) is 0 Å². The number of benzene rings is 2. The van der Waals surface area contributed by atoms with Crippen molar-refractivity contribution in [3.8, 4) is 0 Å². The first-order chi connectivity index (χ1) is 15.5. The topological polar surface area (TPSA) is 73.6 Å². The smallest absolute Gasteiger partial charge is 0.321 e. The maximum absolute atomic E-state index is 12.8. The van der Waals surface area contributed by atoms with Crippen molar-refractivity contribution in [2.75, 3.05) is 38.0 Å². The second-order valence-electron chi connectivity index (χ2n) is 8.43. The summed E-state index contributed by atoms with van der Waals surface area (Å²) in [6.07, 6.45) is -0.512. The Morgan fingerprint density at radius 3 is 2.47 bits per heavy atom. The van der Waals surface area contributed by atoms with Crippen molar-refractivity contribution in [1.29, 1.82) is 0 Å². The number of hydrogen-bond acceptors (Lipinski definition) is 4. The van der Waals surface area contributed by atoms with Gasteiger partial charge in [0.1, 0.15) is 0 Å². The normalized spacial score (nSPS) is 15.5. The van der Waals surface area contributed by atoms with Crippen LogP contribution in [0.25, 0.3) is 0 Å². The molecule has 168 valence electrons. The third-order valence-corrected chi connectivity index (χ3v) is 5.89. The van der Waals surface area contributed by atoms with Gasteiger partial charge in [-0.15, -0.1) is 0 Å². The number of aliphatic hydroxyl groups is 1. The Hall–Kier alpha value is -3.16. The molecule has 32 heavy (non-hydrogen) atoms. The lowest BCUT2D eigenvalue weighted by Gasteiger charge is -2.35. The fourth-order valence-corrected chi connectivity index (χ4v) is 4.12. The number of hydrogen-bond donors (Lipinski definition) is 2. The Morgan fingerprint density at radius 2 is 1.78 bits per heavy atom. The minimum absolute atomic E-state index is 0.0866. The molecule has 2 amide bonds. The highest BCUT2D eigenvalue weighted by atomic mass is 16.3. The second-order valence-corrected chi connectivity index (χ2v) is 8.43. The maximum Gasteiger partial charge on any atom is 0.321 e. The molecule has 0 bridgehead atoms. The van der Waals surface area contributed by atoms with Crippen molar-refractivity contribution >= 4 is 11.7 Å². The van der Waals surface area contributed by atoms with Gasteiger partial charge in [0, 0.05) is 44.1 Å². The first kappa shape index (κ1) is 22.0. The van der Waals surface area contributed by atoms with Crippen molar-refractivity contribution < 1.29 is 9.90 Å². The number of anilines is 1. The zero-order valence-corrected chi connectivity index (χ0v) is 18.7. The van der Waals surface area contributed by atoms with E-state index in [2.05, 4.69) is 21.4 Å². The summed E-state index contributed by atoms with van der Waals surface area (Å²) in [5, 5.41) is 18.0. The van der Waals surface area contributed by atoms with Gasteiger partial charge in [0.15, 0.2) is 0 Å². The highest BCUT2D eigenvalue weighted by Gasteiger charge is 2.23. The van der Waals surface area contributed by atoms with Crippen molar-refractivity contribution in [3.05, 3.63) is 83.2 Å². The Balaban J connectivity index is 1.28. The van der Waals surface area contributed by atoms with E-state index in [1.54, 1.807) is 0 Å². The van der Waals surface area contributed by atoms with Crippen LogP contribution in [0.4, 0.5) is 10.5 Å². The van der Waals surface area contributed by atoms with Crippen LogP contribution in [-0.4, -0.2) is 63.4 Å². The van der Waals surface area contributed by atoms with Gasteiger partial charge in [-0.05, 0) is 43.2 Å². The van der Waals surface area contributed by atoms with Gasteiger partial charge < -0.3 is 15.3 Å². The fourth-order valence-electron chi connectivity index (χ4n) is 4.12. The van der Waals surface area contributed by atoms with Crippen LogP contribution in [0.3, 0.4) is 0 Å². The van der Waals surface area contributed by atoms with E-state index in [1.807, 2.05) is 78.0 Å². The molecule has 1 aliphatic heterocycles. The van der Waals surface area contributed by atoms with E-state index in [0.29, 0.717) is 26.2 Å². The average molecular weight is 434 g/mol. The van der Waals surface area contributed by atoms with Gasteiger partial charge >= 0.3 is 6.03 Å². The molecule has 0 aliphatic carbocycles. The lowest BCUT2D eigenvalue weighted by molar-refractivity contribution is 0.0831. The first-order valence-corrected chi connectivity index (χ1v) is 11.1. The summed E-state index contributed by atoms with van der Waals surface area (Å²) in [7, 11) is 0. The van der Waals surface area contributed by atoms with E-state index in [-0.39, 0.29) is 6.03 Å². The molecule has 2 aromatic carbocycles. The van der Waals surface area contributed by atoms with E-state index in [0.717, 1.165) is 41.3 Å². The number of β-amino-alcohol motifs (C(OH)–C–C–N with tert-alkyl or cyclic N) is 1. The maximum atomic E-state index is 12.8. The molecule has 1 aliphatic rings. The van der Waals surface area contributed by atoms with Crippen LogP contribution < -0.4 is 5.32 Å². The lowest BCUT2D eigenvalue weighted by Crippen LogP contribution is -2.50. The quantitative estimate of drug-likeness (QED) is 0.625. The van der Waals surface area contributed by atoms with Crippen LogP contribution in [0.15, 0.2) is 60.7 Å². The largest absolute Gasteiger partial charge is 0.387 e. The Labute approximate surface area is 189 Å². The molecule has 7 nitrogen and oxygen atoms in total. The van der Waals surface area contributed by atoms with Crippen LogP contribution in [0, 0.1) is 13.8 Å². The van der Waals surface area contributed by atoms with Crippen LogP contribution >= 0.6 is 0 Å². The van der Waals surface area contributed by atoms with Crippen LogP contribution in [-0.2, 0) is 6.54 Å². The molecule has 1 unspecified atom stereocenters. The molecule has 3 aromatic rings. The molecule has 1 fully saturated rings. The first-order valence-electron chi connectivity index (χ1n) is 11.1. The predicted molar refractivity (Wildman–Crippen MR) is 126 cm³/mol. The number of piperazine rings is 1. The number of urea groups is 1. The summed E-state index contributed by atoms with van der Waals surface area (Å²) in [5.41, 5.74) is 4.92. The molecule has 2 heterocycles. The molecule has 4 rings (SSSR count). The molecular weight excluding hydrogens is 402 g/mol. The van der Waals surface area contributed by atoms with Crippen molar-refractivity contribution in [2.45, 2.75) is 26.5 Å². The Bertz CT molecular complexity index is 1040. The monoisotopic (exact) mass is 433 g/mol. The van der Waals surface area contributed by atoms with Gasteiger partial charge in [-0.2, -0.15) is 5.10 Å². The second kappa shape index (κ2) is 9.97. The van der Waals surface area contributed by atoms with E-state index in [9.17, 15) is 9.90 Å². The van der Waals surface area contributed by atoms with E-state index < -0.39 is 6.10 Å². The number of carbonyl (C=O) groups is 1. The minimum Gasteiger partial charge on any atom is -0.387 e. The highest BCUT2D eigenvalue weighted by molar-refractivity contribution is 5.89. The number of carbonyl (C=O) groups excluding carboxylic acids is 1. The number of nitrogens with zero attached hydrogens (tertiary/aromatic N) is 4. The van der Waals surface area contributed by atoms with Crippen LogP contribution in [0.2, 0.25) is 0 Å². The van der Waals surface area contributed by atoms with E-state index >= 15 is 0 Å². The SMILES string of the molecule is Cc1cc(C)n(Cc2cccc(NC(=O)N3CCN(CC(O)c4ccccc4)CC3)c2)n1. The molecular formula is C25H31N5O2. The van der Waals surface area contributed by atoms with Gasteiger partial charge in [0.2, 0.25) is 0 Å². The molecule has 1 atom stereocenters. The standard InChI is InChI=1S/C25H31N5O2/c1-19-15-20(2)30(27-19)17-21-7-6-10-23(16-21)26-25(32)29-13-11-28(12-14-29)18-24(31)22-8-4-3-5-9-22/h3-10,15-16,24,31H,11-14,17-18H2,1-2H3,(H,26,32). The molecule has 7 heteroatoms. The highest BCUT2D eigenvalue weighted by Crippen LogP contribution is 2.17. The summed E-state index contributed by atoms with van der Waals surface area (Å²) in [5.74, 6) is 0. The summed E-state index contributed by atoms with van der Waals surface area (Å²) in [4.78, 5) is 16.8. The number of nitrogens with one attached hydrogen (secondary N) is 1. The fraction of sp³-hybridized carbons (Fsp3) is 0.360. The molecule has 0 radical (unpaired) electrons. The number of aliphatic hydroxyl groups excluding tert-OH is 1. The molecule has 2 N–H and O–H groups in total. The van der Waals surface area contributed by atoms with Crippen LogP contribution in [0.1, 0.15) is 28.6 Å². The zero-order chi connectivity index (χ0) is 22.5. The number of rotatable bonds is 6. The summed E-state index contributed by atoms with van der Waals surface area (Å²) in [6, 6.07) is 19.6. The van der Waals surface area contributed by atoms with Gasteiger partial charge in [-0.1, -0.05) is 42.5 Å². The van der Waals surface area contributed by atoms with Gasteiger partial charge in [0.05, 0.1) is 18.3 Å². The predicted octanol–water partition coefficient (Wildman–Crippen LogP) is 3.43. The van der Waals surface area contributed by atoms with E-state index in [4.69, 9.17) is 0 Å². The Kier molecular flexibility index (Phi) is 6.87. The Morgan fingerprint density at radius 1 is 1.03 bits per heavy atom. The molecule has 1 aromatic heterocycles. The van der Waals surface area contributed by atoms with Gasteiger partial charge in [-0.3, -0.25) is 9.58 Å². The third-order valence-electron chi connectivity index (χ3n) is 5.89.